The minimum Gasteiger partial charge on any atom is -0.453 e. The minimum atomic E-state index is -0.235. The molecule has 0 heterocycles. The summed E-state index contributed by atoms with van der Waals surface area (Å²) >= 11 is 0. The summed E-state index contributed by atoms with van der Waals surface area (Å²) in [5.74, 6) is 3.19. The van der Waals surface area contributed by atoms with Crippen molar-refractivity contribution in [1.82, 2.24) is 4.90 Å². The van der Waals surface area contributed by atoms with Crippen LogP contribution in [0, 0.1) is 18.3 Å². The normalized spacial score (nSPS) is 24.9. The highest BCUT2D eigenvalue weighted by atomic mass is 16.5. The van der Waals surface area contributed by atoms with Gasteiger partial charge in [-0.2, -0.15) is 0 Å². The molecule has 0 unspecified atom stereocenters. The Labute approximate surface area is 105 Å². The van der Waals surface area contributed by atoms with Crippen molar-refractivity contribution in [2.75, 3.05) is 7.11 Å². The first-order valence-corrected chi connectivity index (χ1v) is 6.23. The maximum Gasteiger partial charge on any atom is 0.410 e. The summed E-state index contributed by atoms with van der Waals surface area (Å²) in [6, 6.07) is 0.257. The van der Waals surface area contributed by atoms with Crippen LogP contribution in [0.25, 0.3) is 0 Å². The summed E-state index contributed by atoms with van der Waals surface area (Å²) in [6.45, 7) is 6.12. The number of carbonyl (C=O) groups is 1. The van der Waals surface area contributed by atoms with Crippen LogP contribution in [-0.4, -0.2) is 29.7 Å². The van der Waals surface area contributed by atoms with E-state index in [1.165, 1.54) is 7.11 Å². The second kappa shape index (κ2) is 5.44. The Hall–Kier alpha value is -1.17. The van der Waals surface area contributed by atoms with Gasteiger partial charge in [-0.3, -0.25) is 0 Å². The average molecular weight is 237 g/mol. The van der Waals surface area contributed by atoms with Crippen molar-refractivity contribution in [3.8, 4) is 12.3 Å². The molecular formula is C14H23NO2. The van der Waals surface area contributed by atoms with Crippen molar-refractivity contribution in [2.24, 2.45) is 5.92 Å². The number of terminal acetylenes is 1. The fourth-order valence-corrected chi connectivity index (χ4v) is 2.57. The second-order valence-corrected chi connectivity index (χ2v) is 5.68. The van der Waals surface area contributed by atoms with E-state index in [-0.39, 0.29) is 17.7 Å². The molecule has 0 saturated heterocycles. The van der Waals surface area contributed by atoms with E-state index in [0.29, 0.717) is 5.92 Å². The molecule has 1 rings (SSSR count). The Morgan fingerprint density at radius 1 is 1.29 bits per heavy atom. The van der Waals surface area contributed by atoms with Gasteiger partial charge in [0.05, 0.1) is 7.11 Å². The zero-order chi connectivity index (χ0) is 13.1. The molecule has 3 nitrogen and oxygen atoms in total. The van der Waals surface area contributed by atoms with Gasteiger partial charge in [0.2, 0.25) is 0 Å². The van der Waals surface area contributed by atoms with E-state index in [1.807, 2.05) is 25.7 Å². The van der Waals surface area contributed by atoms with Gasteiger partial charge in [0.25, 0.3) is 0 Å². The smallest absolute Gasteiger partial charge is 0.410 e. The first-order valence-electron chi connectivity index (χ1n) is 6.23. The van der Waals surface area contributed by atoms with Gasteiger partial charge in [-0.15, -0.1) is 12.3 Å². The molecule has 96 valence electrons. The number of hydrogen-bond acceptors (Lipinski definition) is 2. The third-order valence-electron chi connectivity index (χ3n) is 3.39. The standard InChI is InChI=1S/C14H23NO2/c1-6-11-7-9-12(10-8-11)15(13(16)17-5)14(2,3)4/h1,11-12H,7-10H2,2-5H3. The largest absolute Gasteiger partial charge is 0.453 e. The fourth-order valence-electron chi connectivity index (χ4n) is 2.57. The first-order chi connectivity index (χ1) is 7.90. The van der Waals surface area contributed by atoms with Crippen molar-refractivity contribution in [3.63, 3.8) is 0 Å². The van der Waals surface area contributed by atoms with Crippen LogP contribution in [-0.2, 0) is 4.74 Å². The Kier molecular flexibility index (Phi) is 4.45. The average Bonchev–Trinajstić information content (AvgIpc) is 2.28. The van der Waals surface area contributed by atoms with Crippen LogP contribution >= 0.6 is 0 Å². The Bertz CT molecular complexity index is 303. The monoisotopic (exact) mass is 237 g/mol. The third-order valence-corrected chi connectivity index (χ3v) is 3.39. The molecule has 17 heavy (non-hydrogen) atoms. The highest BCUT2D eigenvalue weighted by Gasteiger charge is 2.35. The number of hydrogen-bond donors (Lipinski definition) is 0. The highest BCUT2D eigenvalue weighted by molar-refractivity contribution is 5.68. The van der Waals surface area contributed by atoms with Gasteiger partial charge in [-0.25, -0.2) is 4.79 Å². The molecule has 1 aliphatic rings. The van der Waals surface area contributed by atoms with Crippen LogP contribution in [0.3, 0.4) is 0 Å². The summed E-state index contributed by atoms with van der Waals surface area (Å²) in [4.78, 5) is 13.7. The van der Waals surface area contributed by atoms with E-state index in [4.69, 9.17) is 11.2 Å². The van der Waals surface area contributed by atoms with E-state index in [2.05, 4.69) is 5.92 Å². The van der Waals surface area contributed by atoms with E-state index < -0.39 is 0 Å². The van der Waals surface area contributed by atoms with Crippen LogP contribution in [0.2, 0.25) is 0 Å². The number of rotatable bonds is 1. The van der Waals surface area contributed by atoms with Crippen molar-refractivity contribution < 1.29 is 9.53 Å². The van der Waals surface area contributed by atoms with E-state index in [0.717, 1.165) is 25.7 Å². The Balaban J connectivity index is 2.74. The predicted octanol–water partition coefficient (Wildman–Crippen LogP) is 3.05. The predicted molar refractivity (Wildman–Crippen MR) is 68.6 cm³/mol. The van der Waals surface area contributed by atoms with Crippen LogP contribution in [0.15, 0.2) is 0 Å². The molecule has 0 aromatic heterocycles. The minimum absolute atomic E-state index is 0.208. The molecule has 0 aliphatic heterocycles. The zero-order valence-electron chi connectivity index (χ0n) is 11.3. The lowest BCUT2D eigenvalue weighted by molar-refractivity contribution is 0.0423. The Morgan fingerprint density at radius 2 is 1.82 bits per heavy atom. The van der Waals surface area contributed by atoms with Gasteiger partial charge in [0.15, 0.2) is 0 Å². The molecule has 1 aliphatic carbocycles. The molecule has 1 amide bonds. The van der Waals surface area contributed by atoms with Gasteiger partial charge in [0, 0.05) is 17.5 Å². The summed E-state index contributed by atoms with van der Waals surface area (Å²) in [7, 11) is 1.44. The third kappa shape index (κ3) is 3.39. The van der Waals surface area contributed by atoms with E-state index in [9.17, 15) is 4.79 Å². The van der Waals surface area contributed by atoms with Crippen molar-refractivity contribution in [1.29, 1.82) is 0 Å². The number of methoxy groups -OCH3 is 1. The lowest BCUT2D eigenvalue weighted by Crippen LogP contribution is -2.52. The van der Waals surface area contributed by atoms with Crippen LogP contribution in [0.1, 0.15) is 46.5 Å². The van der Waals surface area contributed by atoms with E-state index in [1.54, 1.807) is 0 Å². The number of ether oxygens (including phenoxy) is 1. The van der Waals surface area contributed by atoms with Crippen molar-refractivity contribution >= 4 is 6.09 Å². The summed E-state index contributed by atoms with van der Waals surface area (Å²) in [6.07, 6.45) is 9.16. The van der Waals surface area contributed by atoms with E-state index >= 15 is 0 Å². The molecule has 0 bridgehead atoms. The quantitative estimate of drug-likeness (QED) is 0.656. The second-order valence-electron chi connectivity index (χ2n) is 5.68. The number of amides is 1. The maximum atomic E-state index is 11.9. The lowest BCUT2D eigenvalue weighted by atomic mass is 9.84. The fraction of sp³-hybridized carbons (Fsp3) is 0.786. The van der Waals surface area contributed by atoms with Gasteiger partial charge >= 0.3 is 6.09 Å². The molecule has 1 saturated carbocycles. The maximum absolute atomic E-state index is 11.9. The molecule has 1 fully saturated rings. The summed E-state index contributed by atoms with van der Waals surface area (Å²) < 4.78 is 4.89. The molecule has 0 atom stereocenters. The van der Waals surface area contributed by atoms with Crippen LogP contribution < -0.4 is 0 Å². The van der Waals surface area contributed by atoms with Gasteiger partial charge in [-0.05, 0) is 46.5 Å². The summed E-state index contributed by atoms with van der Waals surface area (Å²) in [5.41, 5.74) is -0.208. The van der Waals surface area contributed by atoms with Crippen LogP contribution in [0.5, 0.6) is 0 Å². The van der Waals surface area contributed by atoms with Gasteiger partial charge in [-0.1, -0.05) is 0 Å². The highest BCUT2D eigenvalue weighted by Crippen LogP contribution is 2.31. The number of nitrogens with zero attached hydrogens (tertiary/aromatic N) is 1. The molecule has 0 N–H and O–H groups in total. The van der Waals surface area contributed by atoms with Crippen molar-refractivity contribution in [2.45, 2.75) is 58.0 Å². The Morgan fingerprint density at radius 3 is 2.18 bits per heavy atom. The zero-order valence-corrected chi connectivity index (χ0v) is 11.3. The molecule has 0 radical (unpaired) electrons. The summed E-state index contributed by atoms with van der Waals surface area (Å²) in [5, 5.41) is 0. The first kappa shape index (κ1) is 13.9. The SMILES string of the molecule is C#CC1CCC(N(C(=O)OC)C(C)(C)C)CC1. The molecule has 3 heteroatoms. The van der Waals surface area contributed by atoms with Gasteiger partial charge in [0.1, 0.15) is 0 Å². The molecule has 0 spiro atoms. The molecule has 0 aromatic carbocycles. The van der Waals surface area contributed by atoms with Gasteiger partial charge < -0.3 is 9.64 Å². The molecule has 0 aromatic rings. The van der Waals surface area contributed by atoms with Crippen LogP contribution in [0.4, 0.5) is 4.79 Å². The number of carbonyl (C=O) groups excluding carboxylic acids is 1. The topological polar surface area (TPSA) is 29.5 Å². The molecular weight excluding hydrogens is 214 g/mol. The lowest BCUT2D eigenvalue weighted by Gasteiger charge is -2.42. The van der Waals surface area contributed by atoms with Crippen molar-refractivity contribution in [3.05, 3.63) is 0 Å².